The Hall–Kier alpha value is -2.37. The van der Waals surface area contributed by atoms with E-state index < -0.39 is 0 Å². The third kappa shape index (κ3) is 2.95. The number of ether oxygens (including phenoxy) is 1. The maximum absolute atomic E-state index is 6.12. The van der Waals surface area contributed by atoms with Crippen molar-refractivity contribution in [2.45, 2.75) is 32.3 Å². The van der Waals surface area contributed by atoms with Gasteiger partial charge in [0.25, 0.3) is 0 Å². The summed E-state index contributed by atoms with van der Waals surface area (Å²) >= 11 is 0. The average Bonchev–Trinajstić information content (AvgIpc) is 2.96. The smallest absolute Gasteiger partial charge is 0.182 e. The van der Waals surface area contributed by atoms with Crippen molar-refractivity contribution in [3.63, 3.8) is 0 Å². The molecule has 116 valence electrons. The van der Waals surface area contributed by atoms with Crippen LogP contribution in [0.5, 0.6) is 5.75 Å². The van der Waals surface area contributed by atoms with Gasteiger partial charge >= 0.3 is 0 Å². The molecule has 2 aromatic rings. The lowest BCUT2D eigenvalue weighted by Crippen LogP contribution is -2.32. The van der Waals surface area contributed by atoms with Crippen molar-refractivity contribution in [3.05, 3.63) is 42.0 Å². The molecule has 0 saturated heterocycles. The van der Waals surface area contributed by atoms with Crippen LogP contribution in [0.25, 0.3) is 0 Å². The molecule has 6 nitrogen and oxygen atoms in total. The zero-order valence-corrected chi connectivity index (χ0v) is 13.4. The fraction of sp³-hybridized carbons (Fsp3) is 0.438. The quantitative estimate of drug-likeness (QED) is 0.484. The molecule has 0 atom stereocenters. The van der Waals surface area contributed by atoms with Crippen molar-refractivity contribution in [2.24, 2.45) is 5.10 Å². The van der Waals surface area contributed by atoms with Gasteiger partial charge in [-0.15, -0.1) is 0 Å². The van der Waals surface area contributed by atoms with Gasteiger partial charge in [-0.1, -0.05) is 12.1 Å². The summed E-state index contributed by atoms with van der Waals surface area (Å²) < 4.78 is 7.78. The van der Waals surface area contributed by atoms with Gasteiger partial charge in [0.1, 0.15) is 24.0 Å². The SMILES string of the molecule is CN(C)N=C(c1ccc2c(c1)OC(C)(C)CC2)n1cncn1. The third-order valence-electron chi connectivity index (χ3n) is 3.64. The van der Waals surface area contributed by atoms with E-state index in [0.29, 0.717) is 0 Å². The molecule has 22 heavy (non-hydrogen) atoms. The predicted octanol–water partition coefficient (Wildman–Crippen LogP) is 2.15. The fourth-order valence-electron chi connectivity index (χ4n) is 2.52. The van der Waals surface area contributed by atoms with E-state index >= 15 is 0 Å². The van der Waals surface area contributed by atoms with Crippen LogP contribution in [0, 0.1) is 0 Å². The van der Waals surface area contributed by atoms with Crippen molar-refractivity contribution in [1.29, 1.82) is 0 Å². The molecule has 0 spiro atoms. The van der Waals surface area contributed by atoms with E-state index in [1.165, 1.54) is 11.9 Å². The highest BCUT2D eigenvalue weighted by atomic mass is 16.5. The monoisotopic (exact) mass is 299 g/mol. The second-order valence-electron chi connectivity index (χ2n) is 6.30. The van der Waals surface area contributed by atoms with Gasteiger partial charge in [-0.2, -0.15) is 10.2 Å². The van der Waals surface area contributed by atoms with Gasteiger partial charge in [0.15, 0.2) is 5.84 Å². The number of hydrazone groups is 1. The van der Waals surface area contributed by atoms with Crippen LogP contribution in [0.4, 0.5) is 0 Å². The maximum atomic E-state index is 6.12. The van der Waals surface area contributed by atoms with Gasteiger partial charge in [-0.25, -0.2) is 9.67 Å². The first kappa shape index (κ1) is 14.6. The first-order valence-corrected chi connectivity index (χ1v) is 7.38. The van der Waals surface area contributed by atoms with Gasteiger partial charge in [0, 0.05) is 19.7 Å². The molecule has 0 unspecified atom stereocenters. The summed E-state index contributed by atoms with van der Waals surface area (Å²) in [5.74, 6) is 1.65. The lowest BCUT2D eigenvalue weighted by atomic mass is 9.93. The molecular weight excluding hydrogens is 278 g/mol. The van der Waals surface area contributed by atoms with Crippen LogP contribution in [0.2, 0.25) is 0 Å². The van der Waals surface area contributed by atoms with Crippen LogP contribution in [0.15, 0.2) is 36.0 Å². The number of aryl methyl sites for hydroxylation is 1. The van der Waals surface area contributed by atoms with E-state index in [1.807, 2.05) is 20.2 Å². The fourth-order valence-corrected chi connectivity index (χ4v) is 2.52. The van der Waals surface area contributed by atoms with E-state index in [2.05, 4.69) is 41.2 Å². The second kappa shape index (κ2) is 5.44. The number of aromatic nitrogens is 3. The minimum atomic E-state index is -0.127. The van der Waals surface area contributed by atoms with Crippen molar-refractivity contribution >= 4 is 5.84 Å². The Kier molecular flexibility index (Phi) is 3.60. The van der Waals surface area contributed by atoms with E-state index in [4.69, 9.17) is 4.74 Å². The standard InChI is InChI=1S/C16H21N5O/c1-16(2)8-7-12-5-6-13(9-14(12)22-16)15(19-20(3)4)21-11-17-10-18-21/h5-6,9-11H,7-8H2,1-4H3. The van der Waals surface area contributed by atoms with Crippen molar-refractivity contribution in [1.82, 2.24) is 19.8 Å². The number of hydrogen-bond acceptors (Lipinski definition) is 5. The van der Waals surface area contributed by atoms with Gasteiger partial charge in [0.2, 0.25) is 0 Å². The van der Waals surface area contributed by atoms with Gasteiger partial charge in [-0.05, 0) is 38.3 Å². The summed E-state index contributed by atoms with van der Waals surface area (Å²) in [5, 5.41) is 10.5. The Morgan fingerprint density at radius 2 is 2.18 bits per heavy atom. The molecule has 1 aromatic heterocycles. The molecule has 2 heterocycles. The number of nitrogens with zero attached hydrogens (tertiary/aromatic N) is 5. The summed E-state index contributed by atoms with van der Waals surface area (Å²) in [6.07, 6.45) is 5.21. The summed E-state index contributed by atoms with van der Waals surface area (Å²) in [6, 6.07) is 6.22. The number of hydrogen-bond donors (Lipinski definition) is 0. The molecule has 1 aromatic carbocycles. The van der Waals surface area contributed by atoms with Crippen LogP contribution in [-0.4, -0.2) is 45.3 Å². The minimum absolute atomic E-state index is 0.127. The number of rotatable bonds is 2. The molecule has 0 aliphatic carbocycles. The summed E-state index contributed by atoms with van der Waals surface area (Å²) in [4.78, 5) is 4.01. The Morgan fingerprint density at radius 3 is 2.86 bits per heavy atom. The van der Waals surface area contributed by atoms with E-state index in [-0.39, 0.29) is 5.60 Å². The van der Waals surface area contributed by atoms with Gasteiger partial charge in [-0.3, -0.25) is 0 Å². The number of fused-ring (bicyclic) bond motifs is 1. The first-order chi connectivity index (χ1) is 10.4. The van der Waals surface area contributed by atoms with Crippen LogP contribution in [0.3, 0.4) is 0 Å². The van der Waals surface area contributed by atoms with Crippen LogP contribution in [-0.2, 0) is 6.42 Å². The highest BCUT2D eigenvalue weighted by Gasteiger charge is 2.27. The lowest BCUT2D eigenvalue weighted by Gasteiger charge is -2.32. The van der Waals surface area contributed by atoms with Crippen LogP contribution < -0.4 is 4.74 Å². The largest absolute Gasteiger partial charge is 0.488 e. The molecule has 0 fully saturated rings. The summed E-state index contributed by atoms with van der Waals surface area (Å²) in [5.41, 5.74) is 2.07. The van der Waals surface area contributed by atoms with Crippen molar-refractivity contribution < 1.29 is 4.74 Å². The molecule has 1 aliphatic heterocycles. The van der Waals surface area contributed by atoms with Crippen molar-refractivity contribution in [3.8, 4) is 5.75 Å². The van der Waals surface area contributed by atoms with Crippen LogP contribution >= 0.6 is 0 Å². The average molecular weight is 299 g/mol. The highest BCUT2D eigenvalue weighted by Crippen LogP contribution is 2.33. The summed E-state index contributed by atoms with van der Waals surface area (Å²) in [6.45, 7) is 4.24. The molecule has 3 rings (SSSR count). The highest BCUT2D eigenvalue weighted by molar-refractivity contribution is 6.00. The predicted molar refractivity (Wildman–Crippen MR) is 85.1 cm³/mol. The summed E-state index contributed by atoms with van der Waals surface area (Å²) in [7, 11) is 3.77. The molecule has 1 aliphatic rings. The normalized spacial score (nSPS) is 16.8. The third-order valence-corrected chi connectivity index (χ3v) is 3.64. The molecular formula is C16H21N5O. The molecule has 0 amide bonds. The van der Waals surface area contributed by atoms with E-state index in [9.17, 15) is 0 Å². The van der Waals surface area contributed by atoms with E-state index in [0.717, 1.165) is 30.0 Å². The first-order valence-electron chi connectivity index (χ1n) is 7.38. The van der Waals surface area contributed by atoms with Crippen LogP contribution in [0.1, 0.15) is 31.4 Å². The lowest BCUT2D eigenvalue weighted by molar-refractivity contribution is 0.0847. The van der Waals surface area contributed by atoms with Gasteiger partial charge < -0.3 is 9.75 Å². The molecule has 0 bridgehead atoms. The minimum Gasteiger partial charge on any atom is -0.488 e. The Balaban J connectivity index is 2.03. The molecule has 0 radical (unpaired) electrons. The Morgan fingerprint density at radius 1 is 1.36 bits per heavy atom. The zero-order valence-electron chi connectivity index (χ0n) is 13.4. The van der Waals surface area contributed by atoms with Gasteiger partial charge in [0.05, 0.1) is 0 Å². The Labute approximate surface area is 130 Å². The maximum Gasteiger partial charge on any atom is 0.182 e. The van der Waals surface area contributed by atoms with E-state index in [1.54, 1.807) is 16.0 Å². The Bertz CT molecular complexity index is 689. The van der Waals surface area contributed by atoms with Crippen molar-refractivity contribution in [2.75, 3.05) is 14.1 Å². The number of benzene rings is 1. The zero-order chi connectivity index (χ0) is 15.7. The molecule has 0 N–H and O–H groups in total. The molecule has 0 saturated carbocycles. The molecule has 6 heteroatoms. The second-order valence-corrected chi connectivity index (χ2v) is 6.30. The topological polar surface area (TPSA) is 55.5 Å².